The summed E-state index contributed by atoms with van der Waals surface area (Å²) in [6, 6.07) is 0. The van der Waals surface area contributed by atoms with Gasteiger partial charge in [0, 0.05) is 6.42 Å². The van der Waals surface area contributed by atoms with E-state index in [2.05, 4.69) is 19.5 Å². The van der Waals surface area contributed by atoms with Crippen molar-refractivity contribution >= 4 is 5.97 Å². The summed E-state index contributed by atoms with van der Waals surface area (Å²) in [4.78, 5) is 15.0. The quantitative estimate of drug-likeness (QED) is 0.472. The average Bonchev–Trinajstić information content (AvgIpc) is 2.71. The second kappa shape index (κ2) is 3.00. The van der Waals surface area contributed by atoms with E-state index in [-0.39, 0.29) is 12.8 Å². The molecule has 1 aromatic rings. The van der Waals surface area contributed by atoms with Gasteiger partial charge in [0.05, 0.1) is 5.02 Å². The fourth-order valence-corrected chi connectivity index (χ4v) is 0.311. The summed E-state index contributed by atoms with van der Waals surface area (Å²) in [6.07, 6.45) is 0.345. The summed E-state index contributed by atoms with van der Waals surface area (Å²) >= 11 is 0. The van der Waals surface area contributed by atoms with Crippen LogP contribution >= 0.6 is 0 Å². The standard InChI is InChI=1S/C4H8N2O4/c1-2-4(7)8-3-9-6-5-10-6/h5H,2-3H2,1H3. The normalized spacial score (nSPS) is 9.70. The molecule has 0 spiro atoms. The predicted octanol–water partition coefficient (Wildman–Crippen LogP) is -0.252. The highest BCUT2D eigenvalue weighted by atomic mass is 17.0. The molecule has 0 bridgehead atoms. The minimum absolute atomic E-state index is 0.125. The Morgan fingerprint density at radius 3 is 3.00 bits per heavy atom. The van der Waals surface area contributed by atoms with E-state index >= 15 is 0 Å². The molecule has 0 saturated heterocycles. The molecule has 58 valence electrons. The zero-order valence-corrected chi connectivity index (χ0v) is 5.49. The number of hydrogen-bond acceptors (Lipinski definition) is 4. The largest absolute Gasteiger partial charge is 0.426 e. The Morgan fingerprint density at radius 2 is 2.50 bits per heavy atom. The second-order valence-electron chi connectivity index (χ2n) is 1.56. The Kier molecular flexibility index (Phi) is 2.03. The molecule has 0 atom stereocenters. The summed E-state index contributed by atoms with van der Waals surface area (Å²) in [5.74, 6) is -0.304. The van der Waals surface area contributed by atoms with Crippen LogP contribution in [0.1, 0.15) is 13.3 Å². The van der Waals surface area contributed by atoms with E-state index in [9.17, 15) is 4.79 Å². The Labute approximate surface area is 56.5 Å². The fraction of sp³-hybridized carbons (Fsp3) is 0.750. The van der Waals surface area contributed by atoms with Gasteiger partial charge in [-0.15, -0.1) is 0 Å². The number of ether oxygens (including phenoxy) is 1. The highest BCUT2D eigenvalue weighted by Gasteiger charge is 2.00. The first-order valence-electron chi connectivity index (χ1n) is 2.84. The van der Waals surface area contributed by atoms with E-state index in [1.807, 2.05) is 0 Å². The summed E-state index contributed by atoms with van der Waals surface area (Å²) < 4.78 is 8.81. The smallest absolute Gasteiger partial charge is 0.308 e. The lowest BCUT2D eigenvalue weighted by atomic mass is 10.5. The molecule has 0 aliphatic rings. The van der Waals surface area contributed by atoms with E-state index in [0.29, 0.717) is 6.42 Å². The Bertz CT molecular complexity index is 178. The fourth-order valence-electron chi connectivity index (χ4n) is 0.311. The third-order valence-corrected chi connectivity index (χ3v) is 0.844. The van der Waals surface area contributed by atoms with E-state index in [0.717, 1.165) is 5.02 Å². The number of esters is 1. The molecular formula is C4H8N2O4. The number of carbonyl (C=O) groups excluding carboxylic acids is 1. The van der Waals surface area contributed by atoms with Crippen molar-refractivity contribution in [2.24, 2.45) is 0 Å². The summed E-state index contributed by atoms with van der Waals surface area (Å²) in [5.41, 5.74) is 0. The molecule has 0 radical (unpaired) electrons. The highest BCUT2D eigenvalue weighted by molar-refractivity contribution is 5.68. The number of carbonyl (C=O) groups is 1. The molecule has 6 heteroatoms. The third kappa shape index (κ3) is 2.29. The molecule has 1 rings (SSSR count). The lowest BCUT2D eigenvalue weighted by Crippen LogP contribution is -2.13. The summed E-state index contributed by atoms with van der Waals surface area (Å²) in [6.45, 7) is 1.58. The van der Waals surface area contributed by atoms with Gasteiger partial charge in [0.2, 0.25) is 0 Å². The van der Waals surface area contributed by atoms with Crippen molar-refractivity contribution in [3.8, 4) is 0 Å². The molecule has 0 saturated carbocycles. The summed E-state index contributed by atoms with van der Waals surface area (Å²) in [7, 11) is 0. The van der Waals surface area contributed by atoms with Crippen molar-refractivity contribution in [3.05, 3.63) is 0 Å². The van der Waals surface area contributed by atoms with E-state index in [1.54, 1.807) is 6.92 Å². The molecular weight excluding hydrogens is 140 g/mol. The second-order valence-corrected chi connectivity index (χ2v) is 1.56. The van der Waals surface area contributed by atoms with Crippen molar-refractivity contribution in [2.45, 2.75) is 13.3 Å². The molecule has 0 aliphatic heterocycles. The van der Waals surface area contributed by atoms with Gasteiger partial charge in [-0.3, -0.25) is 4.79 Å². The number of aromatic amines is 1. The van der Waals surface area contributed by atoms with E-state index < -0.39 is 0 Å². The van der Waals surface area contributed by atoms with Crippen LogP contribution in [0.25, 0.3) is 0 Å². The number of hydrogen-bond donors (Lipinski definition) is 1. The number of aromatic nitrogens is 2. The van der Waals surface area contributed by atoms with Gasteiger partial charge in [-0.25, -0.2) is 4.63 Å². The van der Waals surface area contributed by atoms with Crippen LogP contribution in [0.2, 0.25) is 0 Å². The molecule has 0 aliphatic carbocycles. The van der Waals surface area contributed by atoms with Crippen molar-refractivity contribution < 1.29 is 19.0 Å². The third-order valence-electron chi connectivity index (χ3n) is 0.844. The molecule has 6 nitrogen and oxygen atoms in total. The minimum Gasteiger partial charge on any atom is -0.426 e. The van der Waals surface area contributed by atoms with Crippen LogP contribution in [0.15, 0.2) is 4.63 Å². The Morgan fingerprint density at radius 1 is 1.80 bits per heavy atom. The lowest BCUT2D eigenvalue weighted by molar-refractivity contribution is -0.158. The number of rotatable bonds is 4. The van der Waals surface area contributed by atoms with Crippen LogP contribution in [0.5, 0.6) is 0 Å². The first-order valence-corrected chi connectivity index (χ1v) is 2.84. The summed E-state index contributed by atoms with van der Waals surface area (Å²) in [5, 5.41) is 3.22. The molecule has 1 N–H and O–H groups in total. The zero-order chi connectivity index (χ0) is 7.40. The molecule has 0 aromatic carbocycles. The molecule has 0 fully saturated rings. The van der Waals surface area contributed by atoms with Gasteiger partial charge in [-0.1, -0.05) is 12.2 Å². The number of nitrogens with zero attached hydrogens (tertiary/aromatic N) is 1. The maximum atomic E-state index is 10.4. The maximum Gasteiger partial charge on any atom is 0.308 e. The van der Waals surface area contributed by atoms with Gasteiger partial charge in [-0.2, -0.15) is 0 Å². The monoisotopic (exact) mass is 148 g/mol. The van der Waals surface area contributed by atoms with Crippen LogP contribution in [-0.4, -0.2) is 23.1 Å². The van der Waals surface area contributed by atoms with Gasteiger partial charge < -0.3 is 9.57 Å². The molecule has 10 heavy (non-hydrogen) atoms. The van der Waals surface area contributed by atoms with Gasteiger partial charge in [0.25, 0.3) is 6.79 Å². The first-order chi connectivity index (χ1) is 4.83. The average molecular weight is 148 g/mol. The van der Waals surface area contributed by atoms with Crippen molar-refractivity contribution in [2.75, 3.05) is 6.79 Å². The highest BCUT2D eigenvalue weighted by Crippen LogP contribution is 1.84. The predicted molar refractivity (Wildman–Crippen MR) is 28.9 cm³/mol. The maximum absolute atomic E-state index is 10.4. The molecule has 0 amide bonds. The van der Waals surface area contributed by atoms with Crippen LogP contribution in [0, 0.1) is 0 Å². The topological polar surface area (TPSA) is 69.4 Å². The van der Waals surface area contributed by atoms with E-state index in [1.165, 1.54) is 0 Å². The van der Waals surface area contributed by atoms with Gasteiger partial charge >= 0.3 is 5.97 Å². The Hall–Kier alpha value is -1.33. The van der Waals surface area contributed by atoms with Gasteiger partial charge in [0.15, 0.2) is 0 Å². The minimum atomic E-state index is -0.304. The van der Waals surface area contributed by atoms with Crippen molar-refractivity contribution in [3.63, 3.8) is 0 Å². The SMILES string of the molecule is CCC(=O)OCOn1[nH]o1. The molecule has 1 aromatic heterocycles. The van der Waals surface area contributed by atoms with Crippen LogP contribution in [0.3, 0.4) is 0 Å². The zero-order valence-electron chi connectivity index (χ0n) is 5.49. The van der Waals surface area contributed by atoms with Gasteiger partial charge in [-0.05, 0) is 0 Å². The first kappa shape index (κ1) is 6.79. The number of nitrogens with one attached hydrogen (secondary N) is 1. The van der Waals surface area contributed by atoms with Crippen molar-refractivity contribution in [1.82, 2.24) is 10.3 Å². The lowest BCUT2D eigenvalue weighted by Gasteiger charge is -1.98. The molecule has 1 heterocycles. The van der Waals surface area contributed by atoms with Crippen molar-refractivity contribution in [1.29, 1.82) is 0 Å². The van der Waals surface area contributed by atoms with E-state index in [4.69, 9.17) is 0 Å². The van der Waals surface area contributed by atoms with Gasteiger partial charge in [0.1, 0.15) is 0 Å². The molecule has 0 unspecified atom stereocenters. The van der Waals surface area contributed by atoms with Crippen LogP contribution in [-0.2, 0) is 9.53 Å². The van der Waals surface area contributed by atoms with Crippen LogP contribution in [0.4, 0.5) is 0 Å². The number of H-pyrrole nitrogens is 1. The van der Waals surface area contributed by atoms with Crippen LogP contribution < -0.4 is 4.84 Å². The Balaban J connectivity index is 1.95.